The molecule has 0 spiro atoms. The standard InChI is InChI=1S/C27H30O16/c1-8-17(32)20(35)22(37)26(40-8)39-7-15-18(33)21(36)23(38)27(42-15)43-25-19(34)16-13(31)5-10(28)6-14(16)41-24(25)9-2-3-11(29)12(30)4-9/h2-6,8,15,17-18,20-23,26-33,35-38H,7H2,1H3/t8-,15+,17+,18-,20+,21-,22+,23+,26+,27-/m0/s1. The lowest BCUT2D eigenvalue weighted by Crippen LogP contribution is -2.61. The molecule has 10 atom stereocenters. The maximum absolute atomic E-state index is 13.6. The Morgan fingerprint density at radius 3 is 2.12 bits per heavy atom. The third kappa shape index (κ3) is 5.67. The zero-order chi connectivity index (χ0) is 31.3. The van der Waals surface area contributed by atoms with Crippen LogP contribution in [0, 0.1) is 0 Å². The van der Waals surface area contributed by atoms with Crippen LogP contribution in [0.3, 0.4) is 0 Å². The minimum absolute atomic E-state index is 0.0313. The summed E-state index contributed by atoms with van der Waals surface area (Å²) < 4.78 is 27.8. The van der Waals surface area contributed by atoms with Gasteiger partial charge in [-0.05, 0) is 25.1 Å². The van der Waals surface area contributed by atoms with E-state index in [-0.39, 0.29) is 11.1 Å². The minimum Gasteiger partial charge on any atom is -0.508 e. The number of aromatic hydroxyl groups is 4. The number of benzene rings is 2. The highest BCUT2D eigenvalue weighted by Gasteiger charge is 2.47. The fourth-order valence-corrected chi connectivity index (χ4v) is 4.84. The summed E-state index contributed by atoms with van der Waals surface area (Å²) in [6.07, 6.45) is -16.2. The van der Waals surface area contributed by atoms with Crippen LogP contribution in [0.15, 0.2) is 39.5 Å². The van der Waals surface area contributed by atoms with Gasteiger partial charge in [0.05, 0.1) is 12.7 Å². The highest BCUT2D eigenvalue weighted by atomic mass is 16.7. The highest BCUT2D eigenvalue weighted by molar-refractivity contribution is 5.88. The largest absolute Gasteiger partial charge is 0.508 e. The predicted octanol–water partition coefficient (Wildman–Crippen LogP) is -1.69. The maximum Gasteiger partial charge on any atom is 0.239 e. The van der Waals surface area contributed by atoms with Gasteiger partial charge < -0.3 is 74.4 Å². The van der Waals surface area contributed by atoms with Gasteiger partial charge >= 0.3 is 0 Å². The van der Waals surface area contributed by atoms with Crippen LogP contribution in [0.2, 0.25) is 0 Å². The van der Waals surface area contributed by atoms with Gasteiger partial charge in [-0.15, -0.1) is 0 Å². The molecule has 3 heterocycles. The van der Waals surface area contributed by atoms with E-state index in [0.717, 1.165) is 24.3 Å². The monoisotopic (exact) mass is 610 g/mol. The van der Waals surface area contributed by atoms with Gasteiger partial charge in [0.25, 0.3) is 0 Å². The maximum atomic E-state index is 13.6. The number of aliphatic hydroxyl groups excluding tert-OH is 6. The lowest BCUT2D eigenvalue weighted by Gasteiger charge is -2.42. The van der Waals surface area contributed by atoms with Crippen LogP contribution in [-0.4, -0.2) is 119 Å². The second-order valence-corrected chi connectivity index (χ2v) is 10.3. The molecule has 0 bridgehead atoms. The Bertz CT molecular complexity index is 1540. The molecule has 0 aliphatic carbocycles. The van der Waals surface area contributed by atoms with Gasteiger partial charge in [0, 0.05) is 17.7 Å². The Labute approximate surface area is 241 Å². The predicted molar refractivity (Wildman–Crippen MR) is 140 cm³/mol. The summed E-state index contributed by atoms with van der Waals surface area (Å²) in [7, 11) is 0. The summed E-state index contributed by atoms with van der Waals surface area (Å²) in [5, 5.41) is 101. The van der Waals surface area contributed by atoms with Crippen LogP contribution < -0.4 is 10.2 Å². The van der Waals surface area contributed by atoms with Crippen molar-refractivity contribution in [2.45, 2.75) is 68.3 Å². The van der Waals surface area contributed by atoms with Gasteiger partial charge in [-0.25, -0.2) is 0 Å². The van der Waals surface area contributed by atoms with Crippen LogP contribution >= 0.6 is 0 Å². The average Bonchev–Trinajstić information content (AvgIpc) is 2.96. The molecule has 5 rings (SSSR count). The Morgan fingerprint density at radius 1 is 0.744 bits per heavy atom. The molecule has 2 aromatic carbocycles. The van der Waals surface area contributed by atoms with Crippen molar-refractivity contribution in [2.24, 2.45) is 0 Å². The quantitative estimate of drug-likeness (QED) is 0.140. The second kappa shape index (κ2) is 11.8. The molecule has 2 aliphatic heterocycles. The number of ether oxygens (including phenoxy) is 4. The summed E-state index contributed by atoms with van der Waals surface area (Å²) in [6, 6.07) is 5.24. The van der Waals surface area contributed by atoms with Crippen LogP contribution in [0.25, 0.3) is 22.3 Å². The highest BCUT2D eigenvalue weighted by Crippen LogP contribution is 2.39. The fraction of sp³-hybridized carbons (Fsp3) is 0.444. The topological polar surface area (TPSA) is 269 Å². The summed E-state index contributed by atoms with van der Waals surface area (Å²) in [4.78, 5) is 13.6. The van der Waals surface area contributed by atoms with Crippen LogP contribution in [0.5, 0.6) is 28.7 Å². The SMILES string of the molecule is C[C@@H]1O[C@@H](OC[C@H]2O[C@@H](Oc3c(-c4ccc(O)c(O)c4)oc4cc(O)cc(O)c4c3=O)[C@H](O)[C@@H](O)[C@H]2O)[C@H](O)[C@H](O)[C@@H]1O. The van der Waals surface area contributed by atoms with E-state index in [2.05, 4.69) is 0 Å². The van der Waals surface area contributed by atoms with Gasteiger partial charge in [0.2, 0.25) is 17.5 Å². The molecule has 2 fully saturated rings. The zero-order valence-electron chi connectivity index (χ0n) is 22.3. The molecule has 0 saturated carbocycles. The average molecular weight is 611 g/mol. The third-order valence-electron chi connectivity index (χ3n) is 7.29. The number of phenolic OH excluding ortho intramolecular Hbond substituents is 4. The smallest absolute Gasteiger partial charge is 0.239 e. The molecule has 16 heteroatoms. The first-order valence-corrected chi connectivity index (χ1v) is 13.0. The molecule has 0 unspecified atom stereocenters. The van der Waals surface area contributed by atoms with E-state index in [1.165, 1.54) is 13.0 Å². The van der Waals surface area contributed by atoms with Crippen molar-refractivity contribution in [3.8, 4) is 40.1 Å². The molecule has 2 saturated heterocycles. The van der Waals surface area contributed by atoms with Crippen molar-refractivity contribution in [1.29, 1.82) is 0 Å². The molecule has 0 amide bonds. The summed E-state index contributed by atoms with van der Waals surface area (Å²) >= 11 is 0. The Morgan fingerprint density at radius 2 is 1.42 bits per heavy atom. The van der Waals surface area contributed by atoms with Gasteiger partial charge in [0.1, 0.15) is 65.2 Å². The molecular formula is C27H30O16. The van der Waals surface area contributed by atoms with Crippen molar-refractivity contribution < 1.29 is 74.4 Å². The van der Waals surface area contributed by atoms with Gasteiger partial charge in [0.15, 0.2) is 23.5 Å². The number of aliphatic hydroxyl groups is 6. The second-order valence-electron chi connectivity index (χ2n) is 10.3. The first kappa shape index (κ1) is 30.7. The van der Waals surface area contributed by atoms with Crippen molar-refractivity contribution in [3.63, 3.8) is 0 Å². The molecule has 2 aliphatic rings. The Balaban J connectivity index is 1.48. The number of phenols is 4. The fourth-order valence-electron chi connectivity index (χ4n) is 4.84. The molecule has 234 valence electrons. The third-order valence-corrected chi connectivity index (χ3v) is 7.29. The van der Waals surface area contributed by atoms with Crippen molar-refractivity contribution in [2.75, 3.05) is 6.61 Å². The van der Waals surface area contributed by atoms with E-state index in [1.54, 1.807) is 0 Å². The molecular weight excluding hydrogens is 580 g/mol. The van der Waals surface area contributed by atoms with E-state index in [9.17, 15) is 55.9 Å². The van der Waals surface area contributed by atoms with E-state index < -0.39 is 113 Å². The van der Waals surface area contributed by atoms with Gasteiger partial charge in [-0.2, -0.15) is 0 Å². The first-order chi connectivity index (χ1) is 20.3. The van der Waals surface area contributed by atoms with Crippen LogP contribution in [0.1, 0.15) is 6.92 Å². The lowest BCUT2D eigenvalue weighted by atomic mass is 9.98. The summed E-state index contributed by atoms with van der Waals surface area (Å²) in [5.41, 5.74) is -1.35. The Kier molecular flexibility index (Phi) is 8.41. The van der Waals surface area contributed by atoms with Crippen molar-refractivity contribution in [1.82, 2.24) is 0 Å². The number of hydrogen-bond donors (Lipinski definition) is 10. The first-order valence-electron chi connectivity index (χ1n) is 13.0. The number of hydrogen-bond acceptors (Lipinski definition) is 16. The van der Waals surface area contributed by atoms with E-state index in [0.29, 0.717) is 0 Å². The molecule has 43 heavy (non-hydrogen) atoms. The lowest BCUT2D eigenvalue weighted by molar-refractivity contribution is -0.318. The summed E-state index contributed by atoms with van der Waals surface area (Å²) in [5.74, 6) is -3.33. The van der Waals surface area contributed by atoms with E-state index >= 15 is 0 Å². The molecule has 3 aromatic rings. The molecule has 1 aromatic heterocycles. The summed E-state index contributed by atoms with van der Waals surface area (Å²) in [6.45, 7) is 0.818. The molecule has 16 nitrogen and oxygen atoms in total. The minimum atomic E-state index is -1.97. The Hall–Kier alpha value is -3.71. The molecule has 0 radical (unpaired) electrons. The zero-order valence-corrected chi connectivity index (χ0v) is 22.3. The van der Waals surface area contributed by atoms with Gasteiger partial charge in [-0.1, -0.05) is 0 Å². The normalized spacial score (nSPS) is 33.0. The van der Waals surface area contributed by atoms with E-state index in [1.807, 2.05) is 0 Å². The number of rotatable bonds is 6. The van der Waals surface area contributed by atoms with Crippen molar-refractivity contribution in [3.05, 3.63) is 40.6 Å². The van der Waals surface area contributed by atoms with Crippen LogP contribution in [0.4, 0.5) is 0 Å². The van der Waals surface area contributed by atoms with E-state index in [4.69, 9.17) is 23.4 Å². The van der Waals surface area contributed by atoms with Crippen molar-refractivity contribution >= 4 is 11.0 Å². The molecule has 10 N–H and O–H groups in total. The number of fused-ring (bicyclic) bond motifs is 1. The van der Waals surface area contributed by atoms with Gasteiger partial charge in [-0.3, -0.25) is 4.79 Å². The van der Waals surface area contributed by atoms with Crippen LogP contribution in [-0.2, 0) is 14.2 Å².